The van der Waals surface area contributed by atoms with E-state index in [4.69, 9.17) is 4.74 Å². The molecule has 0 N–H and O–H groups in total. The van der Waals surface area contributed by atoms with Gasteiger partial charge in [-0.15, -0.1) is 11.8 Å². The second-order valence-electron chi connectivity index (χ2n) is 4.59. The van der Waals surface area contributed by atoms with Crippen molar-refractivity contribution in [3.8, 4) is 0 Å². The maximum absolute atomic E-state index is 14.1. The average Bonchev–Trinajstić information content (AvgIpc) is 2.62. The van der Waals surface area contributed by atoms with Gasteiger partial charge < -0.3 is 4.74 Å². The summed E-state index contributed by atoms with van der Waals surface area (Å²) in [5.41, 5.74) is 2.15. The van der Waals surface area contributed by atoms with Gasteiger partial charge in [0.05, 0.1) is 0 Å². The van der Waals surface area contributed by atoms with Crippen molar-refractivity contribution in [3.05, 3.63) is 64.7 Å². The van der Waals surface area contributed by atoms with Gasteiger partial charge in [0.15, 0.2) is 11.6 Å². The second kappa shape index (κ2) is 5.54. The van der Waals surface area contributed by atoms with Crippen molar-refractivity contribution in [2.24, 2.45) is 0 Å². The van der Waals surface area contributed by atoms with Gasteiger partial charge in [0.2, 0.25) is 0 Å². The highest BCUT2D eigenvalue weighted by Gasteiger charge is 2.27. The van der Waals surface area contributed by atoms with Gasteiger partial charge in [0, 0.05) is 22.8 Å². The summed E-state index contributed by atoms with van der Waals surface area (Å²) in [7, 11) is 0. The van der Waals surface area contributed by atoms with Gasteiger partial charge in [-0.2, -0.15) is 0 Å². The average molecular weight is 292 g/mol. The van der Waals surface area contributed by atoms with E-state index in [1.165, 1.54) is 17.8 Å². The molecule has 0 fully saturated rings. The van der Waals surface area contributed by atoms with Crippen LogP contribution in [0.15, 0.2) is 41.3 Å². The monoisotopic (exact) mass is 292 g/mol. The second-order valence-corrected chi connectivity index (χ2v) is 5.61. The Balaban J connectivity index is 2.19. The number of rotatable bonds is 2. The predicted octanol–water partition coefficient (Wildman–Crippen LogP) is 4.70. The maximum Gasteiger partial charge on any atom is 0.163 e. The Morgan fingerprint density at radius 3 is 2.75 bits per heavy atom. The Hall–Kier alpha value is -1.39. The lowest BCUT2D eigenvalue weighted by Crippen LogP contribution is -2.09. The molecule has 3 rings (SSSR count). The molecule has 2 aromatic carbocycles. The Labute approximate surface area is 121 Å². The fourth-order valence-corrected chi connectivity index (χ4v) is 3.60. The summed E-state index contributed by atoms with van der Waals surface area (Å²) >= 11 is 1.52. The van der Waals surface area contributed by atoms with E-state index in [2.05, 4.69) is 0 Å². The van der Waals surface area contributed by atoms with Crippen LogP contribution in [0.3, 0.4) is 0 Å². The molecule has 0 aromatic heterocycles. The molecule has 0 bridgehead atoms. The molecule has 0 saturated heterocycles. The molecule has 20 heavy (non-hydrogen) atoms. The van der Waals surface area contributed by atoms with E-state index < -0.39 is 11.6 Å². The van der Waals surface area contributed by atoms with Crippen LogP contribution in [0.1, 0.15) is 29.7 Å². The zero-order valence-electron chi connectivity index (χ0n) is 11.0. The topological polar surface area (TPSA) is 9.23 Å². The van der Waals surface area contributed by atoms with Crippen molar-refractivity contribution in [1.29, 1.82) is 0 Å². The molecule has 1 aliphatic rings. The Morgan fingerprint density at radius 1 is 1.15 bits per heavy atom. The van der Waals surface area contributed by atoms with Gasteiger partial charge in [-0.05, 0) is 30.2 Å². The number of ether oxygens (including phenoxy) is 1. The predicted molar refractivity (Wildman–Crippen MR) is 75.8 cm³/mol. The summed E-state index contributed by atoms with van der Waals surface area (Å²) in [5.74, 6) is -1.14. The van der Waals surface area contributed by atoms with Crippen molar-refractivity contribution < 1.29 is 13.5 Å². The van der Waals surface area contributed by atoms with Gasteiger partial charge in [-0.25, -0.2) is 8.78 Å². The van der Waals surface area contributed by atoms with E-state index in [1.807, 2.05) is 31.2 Å². The van der Waals surface area contributed by atoms with E-state index in [0.717, 1.165) is 16.0 Å². The Morgan fingerprint density at radius 2 is 1.95 bits per heavy atom. The number of thioether (sulfide) groups is 1. The molecular formula is C16H14F2OS. The minimum absolute atomic E-state index is 0.337. The molecule has 104 valence electrons. The molecule has 1 unspecified atom stereocenters. The first-order chi connectivity index (χ1) is 9.72. The zero-order valence-corrected chi connectivity index (χ0v) is 11.8. The third-order valence-corrected chi connectivity index (χ3v) is 4.54. The summed E-state index contributed by atoms with van der Waals surface area (Å²) in [6, 6.07) is 10.7. The molecule has 0 amide bonds. The quantitative estimate of drug-likeness (QED) is 0.793. The summed E-state index contributed by atoms with van der Waals surface area (Å²) < 4.78 is 33.3. The summed E-state index contributed by atoms with van der Waals surface area (Å²) in [6.45, 7) is 2.42. The molecule has 0 saturated carbocycles. The molecule has 1 heterocycles. The molecule has 0 spiro atoms. The number of benzene rings is 2. The highest BCUT2D eigenvalue weighted by atomic mass is 32.2. The first kappa shape index (κ1) is 13.6. The van der Waals surface area contributed by atoms with E-state index >= 15 is 0 Å². The van der Waals surface area contributed by atoms with Crippen molar-refractivity contribution in [2.45, 2.75) is 23.7 Å². The molecule has 0 radical (unpaired) electrons. The van der Waals surface area contributed by atoms with E-state index in [1.54, 1.807) is 6.07 Å². The fraction of sp³-hybridized carbons (Fsp3) is 0.250. The SMILES string of the molecule is CCOC1c2ccccc2SCc2c1ccc(F)c2F. The minimum Gasteiger partial charge on any atom is -0.369 e. The van der Waals surface area contributed by atoms with Crippen molar-refractivity contribution >= 4 is 11.8 Å². The molecule has 0 aliphatic carbocycles. The van der Waals surface area contributed by atoms with E-state index in [9.17, 15) is 8.78 Å². The Kier molecular flexibility index (Phi) is 3.76. The van der Waals surface area contributed by atoms with Crippen LogP contribution in [-0.2, 0) is 10.5 Å². The van der Waals surface area contributed by atoms with Crippen LogP contribution >= 0.6 is 11.8 Å². The van der Waals surface area contributed by atoms with Gasteiger partial charge in [0.1, 0.15) is 6.10 Å². The minimum atomic E-state index is -0.800. The molecule has 4 heteroatoms. The van der Waals surface area contributed by atoms with E-state index in [-0.39, 0.29) is 6.10 Å². The fourth-order valence-electron chi connectivity index (χ4n) is 2.49. The van der Waals surface area contributed by atoms with Gasteiger partial charge in [-0.3, -0.25) is 0 Å². The van der Waals surface area contributed by atoms with Crippen LogP contribution in [-0.4, -0.2) is 6.61 Å². The van der Waals surface area contributed by atoms with Crippen molar-refractivity contribution in [3.63, 3.8) is 0 Å². The highest BCUT2D eigenvalue weighted by Crippen LogP contribution is 2.42. The van der Waals surface area contributed by atoms with Crippen LogP contribution in [0.4, 0.5) is 8.78 Å². The largest absolute Gasteiger partial charge is 0.369 e. The molecule has 1 nitrogen and oxygen atoms in total. The van der Waals surface area contributed by atoms with Gasteiger partial charge in [0.25, 0.3) is 0 Å². The van der Waals surface area contributed by atoms with Gasteiger partial charge in [-0.1, -0.05) is 24.3 Å². The van der Waals surface area contributed by atoms with Crippen molar-refractivity contribution in [2.75, 3.05) is 6.61 Å². The molecule has 1 atom stereocenters. The molecule has 1 aliphatic heterocycles. The molecular weight excluding hydrogens is 278 g/mol. The smallest absolute Gasteiger partial charge is 0.163 e. The molecule has 2 aromatic rings. The van der Waals surface area contributed by atoms with Crippen LogP contribution < -0.4 is 0 Å². The third kappa shape index (κ3) is 2.23. The lowest BCUT2D eigenvalue weighted by atomic mass is 9.97. The lowest BCUT2D eigenvalue weighted by molar-refractivity contribution is 0.0890. The lowest BCUT2D eigenvalue weighted by Gasteiger charge is -2.20. The number of hydrogen-bond acceptors (Lipinski definition) is 2. The maximum atomic E-state index is 14.1. The summed E-state index contributed by atoms with van der Waals surface area (Å²) in [4.78, 5) is 1.06. The zero-order chi connectivity index (χ0) is 14.1. The van der Waals surface area contributed by atoms with Crippen LogP contribution in [0.2, 0.25) is 0 Å². The number of hydrogen-bond donors (Lipinski definition) is 0. The number of halogens is 2. The van der Waals surface area contributed by atoms with Crippen LogP contribution in [0.25, 0.3) is 0 Å². The van der Waals surface area contributed by atoms with Gasteiger partial charge >= 0.3 is 0 Å². The Bertz CT molecular complexity index is 642. The first-order valence-corrected chi connectivity index (χ1v) is 7.51. The van der Waals surface area contributed by atoms with E-state index in [0.29, 0.717) is 17.9 Å². The normalized spacial score (nSPS) is 17.2. The third-order valence-electron chi connectivity index (χ3n) is 3.42. The van der Waals surface area contributed by atoms with Crippen LogP contribution in [0, 0.1) is 11.6 Å². The standard InChI is InChI=1S/C16H14F2OS/c1-2-19-16-10-7-8-13(17)15(18)12(10)9-20-14-6-4-3-5-11(14)16/h3-8,16H,2,9H2,1H3. The summed E-state index contributed by atoms with van der Waals surface area (Å²) in [5, 5.41) is 0. The summed E-state index contributed by atoms with van der Waals surface area (Å²) in [6.07, 6.45) is -0.337. The number of fused-ring (bicyclic) bond motifs is 2. The first-order valence-electron chi connectivity index (χ1n) is 6.52. The van der Waals surface area contributed by atoms with Crippen molar-refractivity contribution in [1.82, 2.24) is 0 Å². The highest BCUT2D eigenvalue weighted by molar-refractivity contribution is 7.98. The van der Waals surface area contributed by atoms with Crippen LogP contribution in [0.5, 0.6) is 0 Å².